The van der Waals surface area contributed by atoms with Crippen molar-refractivity contribution in [2.75, 3.05) is 11.9 Å². The maximum atomic E-state index is 11.9. The molecule has 7 nitrogen and oxygen atoms in total. The van der Waals surface area contributed by atoms with Gasteiger partial charge >= 0.3 is 0 Å². The van der Waals surface area contributed by atoms with E-state index in [1.165, 1.54) is 12.1 Å². The van der Waals surface area contributed by atoms with Crippen LogP contribution in [0.5, 0.6) is 0 Å². The minimum atomic E-state index is -4.11. The first kappa shape index (κ1) is 20.5. The molecule has 3 rings (SSSR count). The van der Waals surface area contributed by atoms with E-state index in [1.54, 1.807) is 0 Å². The van der Waals surface area contributed by atoms with Gasteiger partial charge < -0.3 is 5.32 Å². The van der Waals surface area contributed by atoms with Crippen molar-refractivity contribution in [3.05, 3.63) is 100 Å². The van der Waals surface area contributed by atoms with Crippen molar-refractivity contribution in [2.45, 2.75) is 17.2 Å². The molecular formula is C21H21N3O4S. The van der Waals surface area contributed by atoms with E-state index in [0.717, 1.165) is 17.2 Å². The Morgan fingerprint density at radius 3 is 1.97 bits per heavy atom. The number of rotatable bonds is 8. The molecule has 29 heavy (non-hydrogen) atoms. The summed E-state index contributed by atoms with van der Waals surface area (Å²) >= 11 is 0. The number of nitro benzene ring substituents is 1. The van der Waals surface area contributed by atoms with Crippen molar-refractivity contribution in [1.29, 1.82) is 0 Å². The molecule has 3 aromatic carbocycles. The van der Waals surface area contributed by atoms with Crippen molar-refractivity contribution >= 4 is 21.4 Å². The Labute approximate surface area is 169 Å². The minimum Gasteiger partial charge on any atom is -0.384 e. The number of sulfonamides is 1. The number of nitrogens with zero attached hydrogens (tertiary/aromatic N) is 1. The van der Waals surface area contributed by atoms with Gasteiger partial charge in [0.15, 0.2) is 0 Å². The fourth-order valence-corrected chi connectivity index (χ4v) is 3.99. The molecule has 3 aromatic rings. The Balaban J connectivity index is 1.82. The van der Waals surface area contributed by atoms with Gasteiger partial charge in [-0.3, -0.25) is 10.1 Å². The zero-order valence-corrected chi connectivity index (χ0v) is 16.4. The third-order valence-electron chi connectivity index (χ3n) is 4.63. The quantitative estimate of drug-likeness (QED) is 0.431. The Kier molecular flexibility index (Phi) is 6.26. The molecule has 0 aliphatic heterocycles. The largest absolute Gasteiger partial charge is 0.384 e. The molecule has 0 heterocycles. The molecule has 0 atom stereocenters. The number of nitrogens with two attached hydrogens (primary N) is 1. The summed E-state index contributed by atoms with van der Waals surface area (Å²) in [6.07, 6.45) is 0.690. The van der Waals surface area contributed by atoms with Gasteiger partial charge in [-0.2, -0.15) is 0 Å². The van der Waals surface area contributed by atoms with Gasteiger partial charge in [-0.05, 0) is 23.6 Å². The van der Waals surface area contributed by atoms with Gasteiger partial charge in [-0.25, -0.2) is 13.6 Å². The van der Waals surface area contributed by atoms with Crippen molar-refractivity contribution in [3.63, 3.8) is 0 Å². The van der Waals surface area contributed by atoms with Crippen LogP contribution in [-0.4, -0.2) is 19.9 Å². The van der Waals surface area contributed by atoms with Gasteiger partial charge in [0.2, 0.25) is 10.0 Å². The van der Waals surface area contributed by atoms with Crippen molar-refractivity contribution in [1.82, 2.24) is 0 Å². The smallest absolute Gasteiger partial charge is 0.270 e. The van der Waals surface area contributed by atoms with Crippen molar-refractivity contribution in [3.8, 4) is 0 Å². The van der Waals surface area contributed by atoms with Gasteiger partial charge in [-0.15, -0.1) is 0 Å². The molecule has 8 heteroatoms. The summed E-state index contributed by atoms with van der Waals surface area (Å²) in [5.41, 5.74) is 2.22. The zero-order chi connectivity index (χ0) is 20.9. The molecule has 0 aliphatic carbocycles. The lowest BCUT2D eigenvalue weighted by Gasteiger charge is -2.19. The van der Waals surface area contributed by atoms with E-state index >= 15 is 0 Å². The second kappa shape index (κ2) is 8.85. The summed E-state index contributed by atoms with van der Waals surface area (Å²) in [6.45, 7) is 0.453. The minimum absolute atomic E-state index is 0.112. The van der Waals surface area contributed by atoms with E-state index in [1.807, 2.05) is 36.4 Å². The molecule has 0 amide bonds. The lowest BCUT2D eigenvalue weighted by atomic mass is 9.88. The Hall–Kier alpha value is -3.23. The first-order chi connectivity index (χ1) is 13.9. The molecule has 0 aliphatic rings. The SMILES string of the molecule is NS(=O)(=O)c1cc([N+](=O)[O-])ccc1NCCC(c1ccccc1)c1ccccc1. The summed E-state index contributed by atoms with van der Waals surface area (Å²) in [5.74, 6) is 0.112. The zero-order valence-electron chi connectivity index (χ0n) is 15.6. The number of primary sulfonamides is 1. The van der Waals surface area contributed by atoms with Gasteiger partial charge in [0.05, 0.1) is 10.6 Å². The maximum Gasteiger partial charge on any atom is 0.270 e. The third-order valence-corrected chi connectivity index (χ3v) is 5.59. The molecule has 0 unspecified atom stereocenters. The summed E-state index contributed by atoms with van der Waals surface area (Å²) in [6, 6.07) is 23.7. The number of non-ortho nitro benzene ring substituents is 1. The molecule has 0 saturated heterocycles. The Morgan fingerprint density at radius 1 is 0.931 bits per heavy atom. The fourth-order valence-electron chi connectivity index (χ4n) is 3.25. The van der Waals surface area contributed by atoms with Gasteiger partial charge in [0, 0.05) is 24.6 Å². The van der Waals surface area contributed by atoms with E-state index in [9.17, 15) is 18.5 Å². The molecule has 0 fully saturated rings. The molecule has 150 valence electrons. The monoisotopic (exact) mass is 411 g/mol. The van der Waals surface area contributed by atoms with Crippen LogP contribution in [0.2, 0.25) is 0 Å². The molecule has 0 saturated carbocycles. The lowest BCUT2D eigenvalue weighted by Crippen LogP contribution is -2.16. The van der Waals surface area contributed by atoms with Crippen LogP contribution in [0.3, 0.4) is 0 Å². The van der Waals surface area contributed by atoms with Gasteiger partial charge in [-0.1, -0.05) is 60.7 Å². The molecule has 3 N–H and O–H groups in total. The van der Waals surface area contributed by atoms with E-state index in [-0.39, 0.29) is 22.2 Å². The van der Waals surface area contributed by atoms with Crippen LogP contribution in [0, 0.1) is 10.1 Å². The summed E-state index contributed by atoms with van der Waals surface area (Å²) in [5, 5.41) is 19.3. The number of hydrogen-bond acceptors (Lipinski definition) is 5. The van der Waals surface area contributed by atoms with Crippen molar-refractivity contribution in [2.24, 2.45) is 5.14 Å². The van der Waals surface area contributed by atoms with Crippen LogP contribution >= 0.6 is 0 Å². The molecular weight excluding hydrogens is 390 g/mol. The van der Waals surface area contributed by atoms with E-state index < -0.39 is 14.9 Å². The van der Waals surface area contributed by atoms with Crippen LogP contribution in [0.1, 0.15) is 23.5 Å². The number of anilines is 1. The fraction of sp³-hybridized carbons (Fsp3) is 0.143. The lowest BCUT2D eigenvalue weighted by molar-refractivity contribution is -0.385. The normalized spacial score (nSPS) is 11.4. The summed E-state index contributed by atoms with van der Waals surface area (Å²) in [7, 11) is -4.11. The van der Waals surface area contributed by atoms with Crippen LogP contribution in [0.15, 0.2) is 83.8 Å². The number of hydrogen-bond donors (Lipinski definition) is 2. The van der Waals surface area contributed by atoms with Crippen LogP contribution in [-0.2, 0) is 10.0 Å². The summed E-state index contributed by atoms with van der Waals surface area (Å²) < 4.78 is 23.8. The van der Waals surface area contributed by atoms with E-state index in [2.05, 4.69) is 29.6 Å². The molecule has 0 aromatic heterocycles. The maximum absolute atomic E-state index is 11.9. The average molecular weight is 411 g/mol. The first-order valence-electron chi connectivity index (χ1n) is 9.01. The predicted molar refractivity (Wildman–Crippen MR) is 112 cm³/mol. The van der Waals surface area contributed by atoms with Crippen LogP contribution < -0.4 is 10.5 Å². The highest BCUT2D eigenvalue weighted by molar-refractivity contribution is 7.89. The number of nitro groups is 1. The standard InChI is InChI=1S/C21H21N3O4S/c22-29(27,28)21-15-18(24(25)26)11-12-20(21)23-14-13-19(16-7-3-1-4-8-16)17-9-5-2-6-10-17/h1-12,15,19,23H,13-14H2,(H2,22,27,28). The highest BCUT2D eigenvalue weighted by Crippen LogP contribution is 2.29. The highest BCUT2D eigenvalue weighted by atomic mass is 32.2. The second-order valence-corrected chi connectivity index (χ2v) is 8.10. The first-order valence-corrected chi connectivity index (χ1v) is 10.6. The molecule has 0 spiro atoms. The molecule has 0 radical (unpaired) electrons. The topological polar surface area (TPSA) is 115 Å². The molecule has 0 bridgehead atoms. The van der Waals surface area contributed by atoms with E-state index in [4.69, 9.17) is 5.14 Å². The number of nitrogens with one attached hydrogen (secondary N) is 1. The van der Waals surface area contributed by atoms with Crippen LogP contribution in [0.4, 0.5) is 11.4 Å². The Morgan fingerprint density at radius 2 is 1.48 bits per heavy atom. The van der Waals surface area contributed by atoms with Crippen LogP contribution in [0.25, 0.3) is 0 Å². The number of benzene rings is 3. The third kappa shape index (κ3) is 5.18. The highest BCUT2D eigenvalue weighted by Gasteiger charge is 2.20. The van der Waals surface area contributed by atoms with E-state index in [0.29, 0.717) is 13.0 Å². The second-order valence-electron chi connectivity index (χ2n) is 6.57. The average Bonchev–Trinajstić information content (AvgIpc) is 2.71. The predicted octanol–water partition coefficient (Wildman–Crippen LogP) is 3.88. The Bertz CT molecular complexity index is 1050. The van der Waals surface area contributed by atoms with Crippen molar-refractivity contribution < 1.29 is 13.3 Å². The summed E-state index contributed by atoms with van der Waals surface area (Å²) in [4.78, 5) is 10.0. The van der Waals surface area contributed by atoms with Gasteiger partial charge in [0.1, 0.15) is 4.90 Å². The van der Waals surface area contributed by atoms with Gasteiger partial charge in [0.25, 0.3) is 5.69 Å².